The van der Waals surface area contributed by atoms with Crippen LogP contribution in [0.25, 0.3) is 0 Å². The van der Waals surface area contributed by atoms with Crippen molar-refractivity contribution in [1.29, 1.82) is 0 Å². The maximum Gasteiger partial charge on any atom is 0.173 e. The van der Waals surface area contributed by atoms with Gasteiger partial charge in [0.05, 0.1) is 12.9 Å². The van der Waals surface area contributed by atoms with Gasteiger partial charge in [-0.25, -0.2) is 0 Å². The maximum atomic E-state index is 12.2. The monoisotopic (exact) mass is 300 g/mol. The average molecular weight is 300 g/mol. The van der Waals surface area contributed by atoms with Crippen molar-refractivity contribution in [3.05, 3.63) is 59.7 Å². The molecule has 0 aromatic heterocycles. The molecule has 0 aliphatic heterocycles. The summed E-state index contributed by atoms with van der Waals surface area (Å²) >= 11 is 1.51. The molecule has 0 unspecified atom stereocenters. The largest absolute Gasteiger partial charge is 0.496 e. The maximum absolute atomic E-state index is 12.2. The van der Waals surface area contributed by atoms with Crippen LogP contribution < -0.4 is 4.74 Å². The van der Waals surface area contributed by atoms with E-state index in [4.69, 9.17) is 4.74 Å². The number of aryl methyl sites for hydroxylation is 1. The van der Waals surface area contributed by atoms with Crippen LogP contribution in [-0.2, 0) is 6.42 Å². The van der Waals surface area contributed by atoms with Gasteiger partial charge in [0.15, 0.2) is 5.78 Å². The number of ether oxygens (including phenoxy) is 1. The molecule has 2 aromatic carbocycles. The number of Topliss-reactive ketones (excluding diaryl/α,β-unsaturated/α-hetero) is 1. The van der Waals surface area contributed by atoms with E-state index in [0.717, 1.165) is 29.1 Å². The van der Waals surface area contributed by atoms with Crippen LogP contribution in [0.3, 0.4) is 0 Å². The van der Waals surface area contributed by atoms with Gasteiger partial charge in [-0.05, 0) is 24.1 Å². The van der Waals surface area contributed by atoms with E-state index in [1.54, 1.807) is 7.11 Å². The third-order valence-corrected chi connectivity index (χ3v) is 4.30. The van der Waals surface area contributed by atoms with Crippen LogP contribution in [0.15, 0.2) is 53.4 Å². The predicted octanol–water partition coefficient (Wildman–Crippen LogP) is 4.62. The Morgan fingerprint density at radius 1 is 1.10 bits per heavy atom. The zero-order chi connectivity index (χ0) is 15.1. The van der Waals surface area contributed by atoms with Crippen LogP contribution in [-0.4, -0.2) is 18.6 Å². The van der Waals surface area contributed by atoms with Gasteiger partial charge in [0.1, 0.15) is 5.75 Å². The van der Waals surface area contributed by atoms with E-state index in [1.807, 2.05) is 48.5 Å². The quantitative estimate of drug-likeness (QED) is 0.551. The lowest BCUT2D eigenvalue weighted by molar-refractivity contribution is 0.102. The Morgan fingerprint density at radius 3 is 2.48 bits per heavy atom. The number of benzene rings is 2. The summed E-state index contributed by atoms with van der Waals surface area (Å²) in [6, 6.07) is 15.7. The van der Waals surface area contributed by atoms with E-state index in [1.165, 1.54) is 17.3 Å². The number of ketones is 1. The number of rotatable bonds is 7. The minimum Gasteiger partial charge on any atom is -0.496 e. The van der Waals surface area contributed by atoms with Gasteiger partial charge in [0.25, 0.3) is 0 Å². The van der Waals surface area contributed by atoms with Crippen LogP contribution in [0.1, 0.15) is 29.3 Å². The summed E-state index contributed by atoms with van der Waals surface area (Å²) in [5, 5.41) is 0. The van der Waals surface area contributed by atoms with Gasteiger partial charge in [-0.2, -0.15) is 0 Å². The second-order valence-corrected chi connectivity index (χ2v) is 5.83. The Hall–Kier alpha value is -1.74. The first-order chi connectivity index (χ1) is 10.2. The van der Waals surface area contributed by atoms with Crippen LogP contribution in [0.2, 0.25) is 0 Å². The van der Waals surface area contributed by atoms with Gasteiger partial charge in [-0.3, -0.25) is 4.79 Å². The third kappa shape index (κ3) is 4.36. The lowest BCUT2D eigenvalue weighted by Gasteiger charge is -2.07. The number of methoxy groups -OCH3 is 1. The highest BCUT2D eigenvalue weighted by atomic mass is 32.2. The molecular formula is C18H20O2S. The van der Waals surface area contributed by atoms with Gasteiger partial charge >= 0.3 is 0 Å². The standard InChI is InChI=1S/C18H20O2S/c1-3-6-14-9-11-15(12-10-14)16(19)13-21-18-8-5-4-7-17(18)20-2/h4-5,7-12H,3,6,13H2,1-2H3. The first-order valence-corrected chi connectivity index (χ1v) is 8.11. The molecule has 0 N–H and O–H groups in total. The van der Waals surface area contributed by atoms with Gasteiger partial charge in [-0.1, -0.05) is 49.7 Å². The number of hydrogen-bond donors (Lipinski definition) is 0. The normalized spacial score (nSPS) is 10.4. The summed E-state index contributed by atoms with van der Waals surface area (Å²) < 4.78 is 5.29. The second kappa shape index (κ2) is 7.89. The SMILES string of the molecule is CCCc1ccc(C(=O)CSc2ccccc2OC)cc1. The molecule has 0 saturated heterocycles. The fourth-order valence-electron chi connectivity index (χ4n) is 2.11. The zero-order valence-electron chi connectivity index (χ0n) is 12.5. The van der Waals surface area contributed by atoms with Crippen molar-refractivity contribution in [2.75, 3.05) is 12.9 Å². The van der Waals surface area contributed by atoms with E-state index in [9.17, 15) is 4.79 Å². The van der Waals surface area contributed by atoms with Crippen molar-refractivity contribution >= 4 is 17.5 Å². The Morgan fingerprint density at radius 2 is 1.81 bits per heavy atom. The molecule has 2 rings (SSSR count). The van der Waals surface area contributed by atoms with E-state index in [-0.39, 0.29) is 5.78 Å². The summed E-state index contributed by atoms with van der Waals surface area (Å²) in [6.45, 7) is 2.16. The highest BCUT2D eigenvalue weighted by molar-refractivity contribution is 8.00. The van der Waals surface area contributed by atoms with Crippen molar-refractivity contribution in [2.24, 2.45) is 0 Å². The predicted molar refractivity (Wildman–Crippen MR) is 88.5 cm³/mol. The number of para-hydroxylation sites is 1. The summed E-state index contributed by atoms with van der Waals surface area (Å²) in [6.07, 6.45) is 2.18. The molecule has 0 aliphatic rings. The van der Waals surface area contributed by atoms with Gasteiger partial charge in [0, 0.05) is 10.5 Å². The summed E-state index contributed by atoms with van der Waals surface area (Å²) in [5.74, 6) is 1.38. The lowest BCUT2D eigenvalue weighted by atomic mass is 10.1. The fourth-order valence-corrected chi connectivity index (χ4v) is 3.03. The molecule has 0 saturated carbocycles. The molecule has 0 aliphatic carbocycles. The number of thioether (sulfide) groups is 1. The fraction of sp³-hybridized carbons (Fsp3) is 0.278. The summed E-state index contributed by atoms with van der Waals surface area (Å²) in [4.78, 5) is 13.2. The molecular weight excluding hydrogens is 280 g/mol. The van der Waals surface area contributed by atoms with Crippen molar-refractivity contribution < 1.29 is 9.53 Å². The molecule has 0 bridgehead atoms. The van der Waals surface area contributed by atoms with Crippen molar-refractivity contribution in [1.82, 2.24) is 0 Å². The Bertz CT molecular complexity index is 590. The number of carbonyl (C=O) groups is 1. The highest BCUT2D eigenvalue weighted by Gasteiger charge is 2.09. The van der Waals surface area contributed by atoms with Crippen LogP contribution >= 0.6 is 11.8 Å². The summed E-state index contributed by atoms with van der Waals surface area (Å²) in [5.41, 5.74) is 2.06. The van der Waals surface area contributed by atoms with Gasteiger partial charge < -0.3 is 4.74 Å². The smallest absolute Gasteiger partial charge is 0.173 e. The van der Waals surface area contributed by atoms with Crippen molar-refractivity contribution in [2.45, 2.75) is 24.7 Å². The van der Waals surface area contributed by atoms with E-state index in [2.05, 4.69) is 6.92 Å². The molecule has 0 fully saturated rings. The Labute approximate surface area is 130 Å². The molecule has 0 atom stereocenters. The second-order valence-electron chi connectivity index (χ2n) is 4.81. The Kier molecular flexibility index (Phi) is 5.88. The molecule has 0 radical (unpaired) electrons. The van der Waals surface area contributed by atoms with Crippen molar-refractivity contribution in [3.63, 3.8) is 0 Å². The molecule has 2 nitrogen and oxygen atoms in total. The molecule has 3 heteroatoms. The number of hydrogen-bond acceptors (Lipinski definition) is 3. The molecule has 0 heterocycles. The highest BCUT2D eigenvalue weighted by Crippen LogP contribution is 2.29. The van der Waals surface area contributed by atoms with Crippen LogP contribution in [0.5, 0.6) is 5.75 Å². The Balaban J connectivity index is 1.98. The number of carbonyl (C=O) groups excluding carboxylic acids is 1. The van der Waals surface area contributed by atoms with Crippen LogP contribution in [0.4, 0.5) is 0 Å². The van der Waals surface area contributed by atoms with Gasteiger partial charge in [-0.15, -0.1) is 11.8 Å². The first-order valence-electron chi connectivity index (χ1n) is 7.12. The molecule has 0 spiro atoms. The molecule has 110 valence electrons. The molecule has 0 amide bonds. The van der Waals surface area contributed by atoms with E-state index in [0.29, 0.717) is 5.75 Å². The van der Waals surface area contributed by atoms with Crippen LogP contribution in [0, 0.1) is 0 Å². The topological polar surface area (TPSA) is 26.3 Å². The van der Waals surface area contributed by atoms with E-state index < -0.39 is 0 Å². The van der Waals surface area contributed by atoms with Crippen molar-refractivity contribution in [3.8, 4) is 5.75 Å². The lowest BCUT2D eigenvalue weighted by Crippen LogP contribution is -2.02. The minimum absolute atomic E-state index is 0.147. The van der Waals surface area contributed by atoms with E-state index >= 15 is 0 Å². The zero-order valence-corrected chi connectivity index (χ0v) is 13.3. The molecule has 21 heavy (non-hydrogen) atoms. The first kappa shape index (κ1) is 15.6. The summed E-state index contributed by atoms with van der Waals surface area (Å²) in [7, 11) is 1.65. The molecule has 2 aromatic rings. The van der Waals surface area contributed by atoms with Gasteiger partial charge in [0.2, 0.25) is 0 Å². The average Bonchev–Trinajstić information content (AvgIpc) is 2.54. The third-order valence-electron chi connectivity index (χ3n) is 3.24. The minimum atomic E-state index is 0.147.